The molecule has 0 radical (unpaired) electrons. The van der Waals surface area contributed by atoms with Crippen LogP contribution in [-0.2, 0) is 4.79 Å². The molecule has 1 aliphatic heterocycles. The summed E-state index contributed by atoms with van der Waals surface area (Å²) in [5.41, 5.74) is 0.210. The molecule has 1 atom stereocenters. The lowest BCUT2D eigenvalue weighted by Gasteiger charge is -2.29. The summed E-state index contributed by atoms with van der Waals surface area (Å²) in [6.07, 6.45) is 6.24. The van der Waals surface area contributed by atoms with E-state index in [1.165, 1.54) is 10.7 Å². The van der Waals surface area contributed by atoms with Crippen molar-refractivity contribution >= 4 is 17.5 Å². The van der Waals surface area contributed by atoms with Gasteiger partial charge in [0.15, 0.2) is 5.65 Å². The van der Waals surface area contributed by atoms with E-state index in [1.54, 1.807) is 37.2 Å². The lowest BCUT2D eigenvalue weighted by atomic mass is 10.2. The molecule has 2 amide bonds. The summed E-state index contributed by atoms with van der Waals surface area (Å²) in [7, 11) is 0. The van der Waals surface area contributed by atoms with Gasteiger partial charge in [-0.25, -0.2) is 9.50 Å². The number of likely N-dealkylation sites (tertiary alicyclic amines) is 1. The van der Waals surface area contributed by atoms with Crippen LogP contribution in [0.3, 0.4) is 0 Å². The first-order valence-electron chi connectivity index (χ1n) is 8.46. The molecule has 1 saturated heterocycles. The largest absolute Gasteiger partial charge is 0.334 e. The average molecular weight is 355 g/mol. The molecule has 2 aromatic rings. The van der Waals surface area contributed by atoms with E-state index in [4.69, 9.17) is 5.26 Å². The highest BCUT2D eigenvalue weighted by Crippen LogP contribution is 2.16. The summed E-state index contributed by atoms with van der Waals surface area (Å²) in [5, 5.41) is 19.0. The summed E-state index contributed by atoms with van der Waals surface area (Å²) in [4.78, 5) is 30.5. The lowest BCUT2D eigenvalue weighted by molar-refractivity contribution is -0.130. The van der Waals surface area contributed by atoms with Gasteiger partial charge in [0, 0.05) is 25.0 Å². The van der Waals surface area contributed by atoms with Gasteiger partial charge in [-0.3, -0.25) is 14.9 Å². The Hall–Kier alpha value is -2.99. The van der Waals surface area contributed by atoms with E-state index in [1.807, 2.05) is 0 Å². The highest BCUT2D eigenvalue weighted by Gasteiger charge is 2.30. The second-order valence-corrected chi connectivity index (χ2v) is 6.78. The van der Waals surface area contributed by atoms with Crippen molar-refractivity contribution in [2.75, 3.05) is 13.1 Å². The fourth-order valence-corrected chi connectivity index (χ4v) is 2.92. The minimum atomic E-state index is -0.812. The molecule has 1 aliphatic rings. The van der Waals surface area contributed by atoms with Crippen molar-refractivity contribution in [3.8, 4) is 6.07 Å². The molecule has 0 bridgehead atoms. The highest BCUT2D eigenvalue weighted by atomic mass is 16.2. The number of rotatable bonds is 5. The fraction of sp³-hybridized carbons (Fsp3) is 0.471. The number of carbonyl (C=O) groups excluding carboxylic acids is 2. The molecule has 136 valence electrons. The molecular weight excluding hydrogens is 334 g/mol. The Bertz CT molecular complexity index is 867. The van der Waals surface area contributed by atoms with Crippen molar-refractivity contribution < 1.29 is 9.59 Å². The number of nitrogens with zero attached hydrogens (tertiary/aromatic N) is 5. The third-order valence-corrected chi connectivity index (χ3v) is 4.34. The minimum Gasteiger partial charge on any atom is -0.334 e. The normalized spacial score (nSPS) is 17.3. The van der Waals surface area contributed by atoms with Crippen LogP contribution in [0.1, 0.15) is 37.0 Å². The SMILES string of the molecule is CC(C)(NCC(=O)N1CCCC1C#N)NC(=O)c1cnc2ccnn2c1. The Labute approximate surface area is 151 Å². The van der Waals surface area contributed by atoms with Crippen molar-refractivity contribution in [1.29, 1.82) is 5.26 Å². The van der Waals surface area contributed by atoms with Crippen LogP contribution in [0, 0.1) is 11.3 Å². The van der Waals surface area contributed by atoms with Gasteiger partial charge in [-0.05, 0) is 26.7 Å². The summed E-state index contributed by atoms with van der Waals surface area (Å²) in [6, 6.07) is 3.54. The number of aromatic nitrogens is 3. The standard InChI is InChI=1S/C17H21N7O2/c1-17(2,20-10-15(25)23-7-3-4-13(23)8-18)22-16(26)12-9-19-14-5-6-21-24(14)11-12/h5-6,9,11,13,20H,3-4,7,10H2,1-2H3,(H,22,26). The highest BCUT2D eigenvalue weighted by molar-refractivity contribution is 5.94. The maximum atomic E-state index is 12.5. The zero-order valence-electron chi connectivity index (χ0n) is 14.8. The summed E-state index contributed by atoms with van der Waals surface area (Å²) < 4.78 is 1.52. The Morgan fingerprint density at radius 3 is 3.04 bits per heavy atom. The summed E-state index contributed by atoms with van der Waals surface area (Å²) in [6.45, 7) is 4.18. The monoisotopic (exact) mass is 355 g/mol. The van der Waals surface area contributed by atoms with Crippen molar-refractivity contribution in [2.45, 2.75) is 38.4 Å². The van der Waals surface area contributed by atoms with Crippen LogP contribution >= 0.6 is 0 Å². The molecule has 3 rings (SSSR count). The molecule has 3 heterocycles. The lowest BCUT2D eigenvalue weighted by Crippen LogP contribution is -2.57. The van der Waals surface area contributed by atoms with Gasteiger partial charge in [0.1, 0.15) is 6.04 Å². The van der Waals surface area contributed by atoms with Gasteiger partial charge in [-0.15, -0.1) is 0 Å². The number of fused-ring (bicyclic) bond motifs is 1. The number of hydrogen-bond acceptors (Lipinski definition) is 6. The van der Waals surface area contributed by atoms with Crippen molar-refractivity contribution in [2.24, 2.45) is 0 Å². The van der Waals surface area contributed by atoms with Gasteiger partial charge in [-0.1, -0.05) is 0 Å². The molecule has 9 heteroatoms. The van der Waals surface area contributed by atoms with Crippen LogP contribution in [0.15, 0.2) is 24.7 Å². The third kappa shape index (κ3) is 3.81. The summed E-state index contributed by atoms with van der Waals surface area (Å²) in [5.74, 6) is -0.466. The molecule has 0 aliphatic carbocycles. The molecule has 2 aromatic heterocycles. The van der Waals surface area contributed by atoms with Gasteiger partial charge in [0.05, 0.1) is 30.0 Å². The van der Waals surface area contributed by atoms with Crippen LogP contribution in [-0.4, -0.2) is 56.1 Å². The Balaban J connectivity index is 1.58. The first kappa shape index (κ1) is 17.8. The maximum Gasteiger partial charge on any atom is 0.255 e. The van der Waals surface area contributed by atoms with Gasteiger partial charge in [-0.2, -0.15) is 10.4 Å². The Morgan fingerprint density at radius 1 is 1.46 bits per heavy atom. The zero-order valence-corrected chi connectivity index (χ0v) is 14.8. The predicted octanol–water partition coefficient (Wildman–Crippen LogP) is 0.299. The first-order chi connectivity index (χ1) is 12.4. The number of hydrogen-bond donors (Lipinski definition) is 2. The van der Waals surface area contributed by atoms with Crippen molar-refractivity contribution in [3.05, 3.63) is 30.2 Å². The van der Waals surface area contributed by atoms with E-state index in [0.717, 1.165) is 6.42 Å². The predicted molar refractivity (Wildman–Crippen MR) is 92.9 cm³/mol. The molecule has 0 saturated carbocycles. The minimum absolute atomic E-state index is 0.0436. The number of amides is 2. The quantitative estimate of drug-likeness (QED) is 0.745. The van der Waals surface area contributed by atoms with Crippen LogP contribution in [0.25, 0.3) is 5.65 Å². The smallest absolute Gasteiger partial charge is 0.255 e. The van der Waals surface area contributed by atoms with Crippen molar-refractivity contribution in [3.63, 3.8) is 0 Å². The van der Waals surface area contributed by atoms with Gasteiger partial charge in [0.25, 0.3) is 5.91 Å². The first-order valence-corrected chi connectivity index (χ1v) is 8.46. The van der Waals surface area contributed by atoms with E-state index in [-0.39, 0.29) is 24.4 Å². The molecule has 1 fully saturated rings. The molecule has 9 nitrogen and oxygen atoms in total. The van der Waals surface area contributed by atoms with Crippen LogP contribution in [0.5, 0.6) is 0 Å². The number of nitrogens with one attached hydrogen (secondary N) is 2. The Morgan fingerprint density at radius 2 is 2.27 bits per heavy atom. The molecule has 26 heavy (non-hydrogen) atoms. The zero-order chi connectivity index (χ0) is 18.7. The third-order valence-electron chi connectivity index (χ3n) is 4.34. The topological polar surface area (TPSA) is 115 Å². The van der Waals surface area contributed by atoms with Gasteiger partial charge in [0.2, 0.25) is 5.91 Å². The van der Waals surface area contributed by atoms with Crippen molar-refractivity contribution in [1.82, 2.24) is 30.1 Å². The van der Waals surface area contributed by atoms with E-state index in [0.29, 0.717) is 24.2 Å². The van der Waals surface area contributed by atoms with Crippen LogP contribution in [0.4, 0.5) is 0 Å². The van der Waals surface area contributed by atoms with Crippen LogP contribution < -0.4 is 10.6 Å². The number of carbonyl (C=O) groups is 2. The van der Waals surface area contributed by atoms with E-state index in [9.17, 15) is 9.59 Å². The van der Waals surface area contributed by atoms with E-state index in [2.05, 4.69) is 26.8 Å². The number of nitriles is 1. The second kappa shape index (κ2) is 7.09. The van der Waals surface area contributed by atoms with Gasteiger partial charge < -0.3 is 10.2 Å². The average Bonchev–Trinajstić information content (AvgIpc) is 3.27. The molecule has 2 N–H and O–H groups in total. The fourth-order valence-electron chi connectivity index (χ4n) is 2.92. The van der Waals surface area contributed by atoms with E-state index >= 15 is 0 Å². The maximum absolute atomic E-state index is 12.5. The molecule has 0 aromatic carbocycles. The molecule has 0 spiro atoms. The second-order valence-electron chi connectivity index (χ2n) is 6.78. The molecule has 1 unspecified atom stereocenters. The summed E-state index contributed by atoms with van der Waals surface area (Å²) >= 11 is 0. The Kier molecular flexibility index (Phi) is 4.86. The van der Waals surface area contributed by atoms with E-state index < -0.39 is 5.66 Å². The van der Waals surface area contributed by atoms with Gasteiger partial charge >= 0.3 is 0 Å². The molecular formula is C17H21N7O2. The van der Waals surface area contributed by atoms with Crippen LogP contribution in [0.2, 0.25) is 0 Å².